The van der Waals surface area contributed by atoms with Gasteiger partial charge in [0.2, 0.25) is 0 Å². The Balaban J connectivity index is 2.48. The van der Waals surface area contributed by atoms with Crippen LogP contribution in [0.1, 0.15) is 30.5 Å². The number of aliphatic imine (C=N–C) groups is 1. The molecule has 0 aliphatic carbocycles. The molecule has 1 aromatic carbocycles. The zero-order chi connectivity index (χ0) is 9.42. The maximum Gasteiger partial charge on any atom is 0.0649 e. The van der Waals surface area contributed by atoms with Gasteiger partial charge < -0.3 is 0 Å². The van der Waals surface area contributed by atoms with Crippen LogP contribution in [0.25, 0.3) is 0 Å². The number of hydrogen-bond acceptors (Lipinski definition) is 1. The second kappa shape index (κ2) is 2.99. The molecule has 0 aromatic heterocycles. The summed E-state index contributed by atoms with van der Waals surface area (Å²) in [6.45, 7) is 7.42. The summed E-state index contributed by atoms with van der Waals surface area (Å²) in [7, 11) is 0. The molecule has 0 saturated carbocycles. The zero-order valence-electron chi connectivity index (χ0n) is 8.46. The standard InChI is InChI=1S/C12H15N/c1-8(2)12-11-6-9(3)4-5-10(11)7-13-12/h4-6,8H,7H2,1-3H3. The lowest BCUT2D eigenvalue weighted by molar-refractivity contribution is 0.882. The van der Waals surface area contributed by atoms with Gasteiger partial charge in [0.1, 0.15) is 0 Å². The lowest BCUT2D eigenvalue weighted by Gasteiger charge is -2.07. The Hall–Kier alpha value is -1.11. The quantitative estimate of drug-likeness (QED) is 0.619. The van der Waals surface area contributed by atoms with Gasteiger partial charge in [0.05, 0.1) is 6.54 Å². The number of fused-ring (bicyclic) bond motifs is 1. The second-order valence-corrected chi connectivity index (χ2v) is 4.02. The van der Waals surface area contributed by atoms with Gasteiger partial charge in [-0.05, 0) is 24.5 Å². The van der Waals surface area contributed by atoms with Crippen molar-refractivity contribution < 1.29 is 0 Å². The minimum Gasteiger partial charge on any atom is -0.284 e. The summed E-state index contributed by atoms with van der Waals surface area (Å²) in [4.78, 5) is 4.56. The molecule has 1 nitrogen and oxygen atoms in total. The molecule has 1 aliphatic heterocycles. The highest BCUT2D eigenvalue weighted by molar-refractivity contribution is 6.04. The van der Waals surface area contributed by atoms with Crippen LogP contribution in [0, 0.1) is 12.8 Å². The van der Waals surface area contributed by atoms with Gasteiger partial charge in [-0.2, -0.15) is 0 Å². The molecule has 1 aliphatic rings. The second-order valence-electron chi connectivity index (χ2n) is 4.02. The first-order valence-corrected chi connectivity index (χ1v) is 4.82. The number of nitrogens with zero attached hydrogens (tertiary/aromatic N) is 1. The van der Waals surface area contributed by atoms with Crippen molar-refractivity contribution in [1.29, 1.82) is 0 Å². The van der Waals surface area contributed by atoms with E-state index in [2.05, 4.69) is 44.0 Å². The Morgan fingerprint density at radius 1 is 1.31 bits per heavy atom. The molecule has 0 bridgehead atoms. The molecule has 68 valence electrons. The Labute approximate surface area is 79.5 Å². The molecule has 1 heterocycles. The topological polar surface area (TPSA) is 12.4 Å². The van der Waals surface area contributed by atoms with Crippen LogP contribution in [-0.4, -0.2) is 5.71 Å². The Morgan fingerprint density at radius 3 is 2.77 bits per heavy atom. The average molecular weight is 173 g/mol. The van der Waals surface area contributed by atoms with E-state index in [1.165, 1.54) is 22.4 Å². The highest BCUT2D eigenvalue weighted by Gasteiger charge is 2.17. The van der Waals surface area contributed by atoms with Crippen molar-refractivity contribution >= 4 is 5.71 Å². The predicted molar refractivity (Wildman–Crippen MR) is 56.3 cm³/mol. The van der Waals surface area contributed by atoms with E-state index in [1.807, 2.05) is 0 Å². The van der Waals surface area contributed by atoms with Crippen molar-refractivity contribution in [3.8, 4) is 0 Å². The van der Waals surface area contributed by atoms with Gasteiger partial charge in [-0.3, -0.25) is 4.99 Å². The van der Waals surface area contributed by atoms with E-state index in [1.54, 1.807) is 0 Å². The van der Waals surface area contributed by atoms with Crippen LogP contribution in [0.15, 0.2) is 23.2 Å². The molecule has 0 unspecified atom stereocenters. The summed E-state index contributed by atoms with van der Waals surface area (Å²) in [5.41, 5.74) is 5.36. The maximum absolute atomic E-state index is 4.56. The number of hydrogen-bond donors (Lipinski definition) is 0. The predicted octanol–water partition coefficient (Wildman–Crippen LogP) is 2.95. The van der Waals surface area contributed by atoms with Crippen LogP contribution in [-0.2, 0) is 6.54 Å². The van der Waals surface area contributed by atoms with E-state index >= 15 is 0 Å². The fourth-order valence-corrected chi connectivity index (χ4v) is 1.82. The minimum absolute atomic E-state index is 0.544. The normalized spacial score (nSPS) is 14.6. The molecule has 1 heteroatoms. The number of benzene rings is 1. The van der Waals surface area contributed by atoms with Crippen LogP contribution >= 0.6 is 0 Å². The lowest BCUT2D eigenvalue weighted by Crippen LogP contribution is -2.06. The Morgan fingerprint density at radius 2 is 2.08 bits per heavy atom. The van der Waals surface area contributed by atoms with E-state index < -0.39 is 0 Å². The van der Waals surface area contributed by atoms with Gasteiger partial charge in [-0.1, -0.05) is 31.5 Å². The summed E-state index contributed by atoms with van der Waals surface area (Å²) < 4.78 is 0. The highest BCUT2D eigenvalue weighted by Crippen LogP contribution is 2.23. The first kappa shape index (κ1) is 8.49. The van der Waals surface area contributed by atoms with E-state index in [9.17, 15) is 0 Å². The van der Waals surface area contributed by atoms with E-state index in [0.717, 1.165) is 6.54 Å². The summed E-state index contributed by atoms with van der Waals surface area (Å²) in [6.07, 6.45) is 0. The largest absolute Gasteiger partial charge is 0.284 e. The van der Waals surface area contributed by atoms with Crippen LogP contribution in [0.2, 0.25) is 0 Å². The number of aryl methyl sites for hydroxylation is 1. The molecule has 1 aromatic rings. The molecule has 0 N–H and O–H groups in total. The van der Waals surface area contributed by atoms with Crippen LogP contribution < -0.4 is 0 Å². The molecule has 0 spiro atoms. The van der Waals surface area contributed by atoms with Crippen molar-refractivity contribution in [2.24, 2.45) is 10.9 Å². The third-order valence-corrected chi connectivity index (χ3v) is 2.51. The Bertz CT molecular complexity index is 361. The zero-order valence-corrected chi connectivity index (χ0v) is 8.46. The molecule has 0 fully saturated rings. The highest BCUT2D eigenvalue weighted by atomic mass is 14.8. The molecular weight excluding hydrogens is 158 g/mol. The molecule has 0 amide bonds. The van der Waals surface area contributed by atoms with Crippen LogP contribution in [0.4, 0.5) is 0 Å². The molecule has 0 radical (unpaired) electrons. The van der Waals surface area contributed by atoms with Crippen molar-refractivity contribution in [2.75, 3.05) is 0 Å². The van der Waals surface area contributed by atoms with Crippen LogP contribution in [0.3, 0.4) is 0 Å². The van der Waals surface area contributed by atoms with E-state index in [0.29, 0.717) is 5.92 Å². The summed E-state index contributed by atoms with van der Waals surface area (Å²) in [5, 5.41) is 0. The minimum atomic E-state index is 0.544. The van der Waals surface area contributed by atoms with Gasteiger partial charge in [0, 0.05) is 11.3 Å². The van der Waals surface area contributed by atoms with E-state index in [4.69, 9.17) is 0 Å². The van der Waals surface area contributed by atoms with Gasteiger partial charge in [-0.25, -0.2) is 0 Å². The molecule has 2 rings (SSSR count). The van der Waals surface area contributed by atoms with Gasteiger partial charge in [0.25, 0.3) is 0 Å². The first-order valence-electron chi connectivity index (χ1n) is 4.82. The smallest absolute Gasteiger partial charge is 0.0649 e. The third kappa shape index (κ3) is 1.39. The van der Waals surface area contributed by atoms with Crippen molar-refractivity contribution in [3.05, 3.63) is 34.9 Å². The van der Waals surface area contributed by atoms with Crippen molar-refractivity contribution in [3.63, 3.8) is 0 Å². The summed E-state index contributed by atoms with van der Waals surface area (Å²) in [6, 6.07) is 6.61. The Kier molecular flexibility index (Phi) is 1.95. The number of rotatable bonds is 1. The average Bonchev–Trinajstić information content (AvgIpc) is 2.46. The molecule has 0 saturated heterocycles. The first-order chi connectivity index (χ1) is 6.18. The maximum atomic E-state index is 4.56. The van der Waals surface area contributed by atoms with Gasteiger partial charge in [0.15, 0.2) is 0 Å². The molecular formula is C12H15N. The summed E-state index contributed by atoms with van der Waals surface area (Å²) in [5.74, 6) is 0.544. The third-order valence-electron chi connectivity index (χ3n) is 2.51. The van der Waals surface area contributed by atoms with Crippen molar-refractivity contribution in [1.82, 2.24) is 0 Å². The van der Waals surface area contributed by atoms with Crippen molar-refractivity contribution in [2.45, 2.75) is 27.3 Å². The SMILES string of the molecule is Cc1ccc2c(c1)C(C(C)C)=NC2. The van der Waals surface area contributed by atoms with Crippen LogP contribution in [0.5, 0.6) is 0 Å². The molecule has 0 atom stereocenters. The summed E-state index contributed by atoms with van der Waals surface area (Å²) >= 11 is 0. The fraction of sp³-hybridized carbons (Fsp3) is 0.417. The lowest BCUT2D eigenvalue weighted by atomic mass is 9.97. The fourth-order valence-electron chi connectivity index (χ4n) is 1.82. The van der Waals surface area contributed by atoms with Gasteiger partial charge >= 0.3 is 0 Å². The monoisotopic (exact) mass is 173 g/mol. The molecule has 13 heavy (non-hydrogen) atoms. The van der Waals surface area contributed by atoms with Gasteiger partial charge in [-0.15, -0.1) is 0 Å². The van der Waals surface area contributed by atoms with E-state index in [-0.39, 0.29) is 0 Å².